The number of nitrogens with zero attached hydrogens (tertiary/aromatic N) is 2. The van der Waals surface area contributed by atoms with Crippen LogP contribution in [0.15, 0.2) is 48.5 Å². The molecule has 11 heteroatoms. The summed E-state index contributed by atoms with van der Waals surface area (Å²) in [6, 6.07) is 16.0. The normalized spacial score (nSPS) is 15.6. The highest BCUT2D eigenvalue weighted by molar-refractivity contribution is 7.88. The number of aromatic nitrogens is 1. The quantitative estimate of drug-likeness (QED) is 0.434. The van der Waals surface area contributed by atoms with Crippen molar-refractivity contribution in [1.82, 2.24) is 19.3 Å². The number of likely N-dealkylation sites (tertiary alicyclic amines) is 1. The maximum atomic E-state index is 12.1. The molecule has 0 saturated carbocycles. The molecular formula is C25H32N4O5S2. The van der Waals surface area contributed by atoms with Crippen molar-refractivity contribution < 1.29 is 22.7 Å². The number of benzene rings is 2. The topological polar surface area (TPSA) is 110 Å². The van der Waals surface area contributed by atoms with Gasteiger partial charge in [0.25, 0.3) is 5.19 Å². The number of amides is 1. The van der Waals surface area contributed by atoms with Crippen LogP contribution in [0.25, 0.3) is 10.2 Å². The molecule has 2 heterocycles. The molecule has 36 heavy (non-hydrogen) atoms. The zero-order chi connectivity index (χ0) is 25.8. The van der Waals surface area contributed by atoms with Crippen molar-refractivity contribution in [2.24, 2.45) is 5.92 Å². The first-order chi connectivity index (χ1) is 17.0. The number of para-hydroxylation sites is 1. The third-order valence-electron chi connectivity index (χ3n) is 5.69. The minimum atomic E-state index is -3.95. The lowest BCUT2D eigenvalue weighted by Gasteiger charge is -2.32. The van der Waals surface area contributed by atoms with E-state index >= 15 is 0 Å². The lowest BCUT2D eigenvalue weighted by Crippen LogP contribution is -2.45. The highest BCUT2D eigenvalue weighted by Gasteiger charge is 2.24. The van der Waals surface area contributed by atoms with E-state index in [9.17, 15) is 13.2 Å². The van der Waals surface area contributed by atoms with Crippen molar-refractivity contribution in [3.8, 4) is 10.9 Å². The van der Waals surface area contributed by atoms with Crippen molar-refractivity contribution in [1.29, 1.82) is 0 Å². The van der Waals surface area contributed by atoms with Gasteiger partial charge in [-0.2, -0.15) is 13.1 Å². The first-order valence-electron chi connectivity index (χ1n) is 11.9. The fraction of sp³-hybridized carbons (Fsp3) is 0.440. The highest BCUT2D eigenvalue weighted by atomic mass is 32.2. The molecule has 194 valence electrons. The van der Waals surface area contributed by atoms with Crippen molar-refractivity contribution >= 4 is 37.9 Å². The van der Waals surface area contributed by atoms with Crippen molar-refractivity contribution in [2.75, 3.05) is 19.6 Å². The Balaban J connectivity index is 1.19. The summed E-state index contributed by atoms with van der Waals surface area (Å²) >= 11 is 1.52. The number of hydrogen-bond donors (Lipinski definition) is 2. The molecule has 4 rings (SSSR count). The monoisotopic (exact) mass is 532 g/mol. The first-order valence-corrected chi connectivity index (χ1v) is 14.2. The Bertz CT molecular complexity index is 1240. The maximum absolute atomic E-state index is 12.1. The summed E-state index contributed by atoms with van der Waals surface area (Å²) < 4.78 is 40.6. The molecule has 0 unspecified atom stereocenters. The summed E-state index contributed by atoms with van der Waals surface area (Å²) in [6.07, 6.45) is 0.753. The molecule has 1 amide bonds. The van der Waals surface area contributed by atoms with Crippen molar-refractivity contribution in [2.45, 2.75) is 45.8 Å². The molecule has 1 fully saturated rings. The molecule has 2 aromatic carbocycles. The lowest BCUT2D eigenvalue weighted by atomic mass is 9.97. The number of carbonyl (C=O) groups excluding carboxylic acids is 1. The van der Waals surface area contributed by atoms with Crippen LogP contribution < -0.4 is 14.2 Å². The Labute approximate surface area is 216 Å². The number of piperidine rings is 1. The molecule has 1 aliphatic rings. The van der Waals surface area contributed by atoms with Crippen LogP contribution in [-0.4, -0.2) is 49.6 Å². The van der Waals surface area contributed by atoms with E-state index in [2.05, 4.69) is 26.7 Å². The number of fused-ring (bicyclic) bond motifs is 1. The zero-order valence-electron chi connectivity index (χ0n) is 20.7. The molecule has 1 aliphatic heterocycles. The van der Waals surface area contributed by atoms with Crippen LogP contribution in [0.4, 0.5) is 4.79 Å². The maximum Gasteiger partial charge on any atom is 0.422 e. The number of rotatable bonds is 8. The summed E-state index contributed by atoms with van der Waals surface area (Å²) in [5.74, 6) is 0.963. The molecule has 1 aromatic heterocycles. The van der Waals surface area contributed by atoms with E-state index in [1.54, 1.807) is 20.8 Å². The van der Waals surface area contributed by atoms with E-state index in [1.807, 2.05) is 41.1 Å². The second kappa shape index (κ2) is 11.1. The SMILES string of the molecule is CC(C)(C)OC(=O)NS(=O)(=O)NCC1CCN(Cc2ccc(Oc3nc4ccccc4s3)cc2)CC1. The summed E-state index contributed by atoms with van der Waals surface area (Å²) in [7, 11) is -3.95. The number of carbonyl (C=O) groups is 1. The van der Waals surface area contributed by atoms with E-state index in [4.69, 9.17) is 9.47 Å². The predicted octanol–water partition coefficient (Wildman–Crippen LogP) is 4.66. The van der Waals surface area contributed by atoms with Crippen molar-refractivity contribution in [3.63, 3.8) is 0 Å². The highest BCUT2D eigenvalue weighted by Crippen LogP contribution is 2.31. The van der Waals surface area contributed by atoms with Gasteiger partial charge in [0, 0.05) is 13.1 Å². The second-order valence-corrected chi connectivity index (χ2v) is 12.4. The van der Waals surface area contributed by atoms with Gasteiger partial charge in [-0.25, -0.2) is 14.5 Å². The Kier molecular flexibility index (Phi) is 8.13. The van der Waals surface area contributed by atoms with Crippen molar-refractivity contribution in [3.05, 3.63) is 54.1 Å². The average Bonchev–Trinajstić information content (AvgIpc) is 3.21. The van der Waals surface area contributed by atoms with Gasteiger partial charge in [-0.15, -0.1) is 0 Å². The van der Waals surface area contributed by atoms with E-state index in [0.717, 1.165) is 48.4 Å². The van der Waals surface area contributed by atoms with Crippen LogP contribution in [0.1, 0.15) is 39.2 Å². The van der Waals surface area contributed by atoms with Gasteiger partial charge < -0.3 is 9.47 Å². The van der Waals surface area contributed by atoms with Gasteiger partial charge in [0.1, 0.15) is 11.4 Å². The number of ether oxygens (including phenoxy) is 2. The summed E-state index contributed by atoms with van der Waals surface area (Å²) in [5, 5.41) is 0.628. The van der Waals surface area contributed by atoms with Gasteiger partial charge in [-0.05, 0) is 82.4 Å². The molecular weight excluding hydrogens is 500 g/mol. The molecule has 9 nitrogen and oxygen atoms in total. The standard InChI is InChI=1S/C25H32N4O5S2/c1-25(2,3)34-23(30)28-36(31,32)26-16-18-12-14-29(15-13-18)17-19-8-10-20(11-9-19)33-24-27-21-6-4-5-7-22(21)35-24/h4-11,18,26H,12-17H2,1-3H3,(H,28,30). The molecule has 3 aromatic rings. The lowest BCUT2D eigenvalue weighted by molar-refractivity contribution is 0.0569. The fourth-order valence-corrected chi connectivity index (χ4v) is 5.56. The molecule has 1 saturated heterocycles. The van der Waals surface area contributed by atoms with E-state index in [0.29, 0.717) is 5.19 Å². The Morgan fingerprint density at radius 1 is 1.11 bits per heavy atom. The van der Waals surface area contributed by atoms with Crippen LogP contribution in [-0.2, 0) is 21.5 Å². The Morgan fingerprint density at radius 2 is 1.81 bits per heavy atom. The molecule has 0 spiro atoms. The van der Waals surface area contributed by atoms with Gasteiger partial charge in [0.2, 0.25) is 0 Å². The fourth-order valence-electron chi connectivity index (χ4n) is 3.94. The zero-order valence-corrected chi connectivity index (χ0v) is 22.3. The van der Waals surface area contributed by atoms with E-state index < -0.39 is 21.9 Å². The van der Waals surface area contributed by atoms with Gasteiger partial charge in [-0.1, -0.05) is 35.6 Å². The van der Waals surface area contributed by atoms with Crippen LogP contribution in [0.3, 0.4) is 0 Å². The van der Waals surface area contributed by atoms with Crippen LogP contribution in [0, 0.1) is 5.92 Å². The van der Waals surface area contributed by atoms with Gasteiger partial charge in [0.15, 0.2) is 0 Å². The Hall–Kier alpha value is -2.73. The van der Waals surface area contributed by atoms with Gasteiger partial charge in [0.05, 0.1) is 10.2 Å². The third kappa shape index (κ3) is 7.89. The smallest absolute Gasteiger partial charge is 0.422 e. The van der Waals surface area contributed by atoms with E-state index in [-0.39, 0.29) is 12.5 Å². The Morgan fingerprint density at radius 3 is 2.47 bits per heavy atom. The summed E-state index contributed by atoms with van der Waals surface area (Å²) in [6.45, 7) is 7.86. The summed E-state index contributed by atoms with van der Waals surface area (Å²) in [4.78, 5) is 18.6. The first kappa shape index (κ1) is 26.3. The van der Waals surface area contributed by atoms with Gasteiger partial charge in [-0.3, -0.25) is 4.90 Å². The van der Waals surface area contributed by atoms with Crippen LogP contribution >= 0.6 is 11.3 Å². The molecule has 0 aliphatic carbocycles. The third-order valence-corrected chi connectivity index (χ3v) is 7.59. The van der Waals surface area contributed by atoms with Gasteiger partial charge >= 0.3 is 16.3 Å². The average molecular weight is 533 g/mol. The van der Waals surface area contributed by atoms with E-state index in [1.165, 1.54) is 16.9 Å². The van der Waals surface area contributed by atoms with Crippen LogP contribution in [0.2, 0.25) is 0 Å². The number of nitrogens with one attached hydrogen (secondary N) is 2. The second-order valence-electron chi connectivity index (χ2n) is 9.87. The molecule has 0 atom stereocenters. The number of thiazole rings is 1. The number of hydrogen-bond acceptors (Lipinski definition) is 8. The summed E-state index contributed by atoms with van der Waals surface area (Å²) in [5.41, 5.74) is 1.35. The molecule has 2 N–H and O–H groups in total. The minimum absolute atomic E-state index is 0.209. The largest absolute Gasteiger partial charge is 0.443 e. The predicted molar refractivity (Wildman–Crippen MR) is 140 cm³/mol. The van der Waals surface area contributed by atoms with Crippen LogP contribution in [0.5, 0.6) is 10.9 Å². The molecule has 0 bridgehead atoms. The molecule has 0 radical (unpaired) electrons. The minimum Gasteiger partial charge on any atom is -0.443 e.